The molecule has 1 saturated carbocycles. The molecule has 1 heterocycles. The van der Waals surface area contributed by atoms with Crippen LogP contribution in [0.2, 0.25) is 10.0 Å². The van der Waals surface area contributed by atoms with E-state index in [2.05, 4.69) is 17.3 Å². The molecular weight excluding hydrogens is 451 g/mol. The molecule has 3 aliphatic rings. The van der Waals surface area contributed by atoms with Gasteiger partial charge in [0.05, 0.1) is 30.2 Å². The Morgan fingerprint density at radius 1 is 1.06 bits per heavy atom. The summed E-state index contributed by atoms with van der Waals surface area (Å²) in [6, 6.07) is 10.7. The van der Waals surface area contributed by atoms with Crippen molar-refractivity contribution in [2.75, 3.05) is 7.11 Å². The van der Waals surface area contributed by atoms with Gasteiger partial charge in [0.2, 0.25) is 0 Å². The number of imide groups is 1. The van der Waals surface area contributed by atoms with Crippen molar-refractivity contribution < 1.29 is 19.1 Å². The van der Waals surface area contributed by atoms with Crippen LogP contribution in [0.25, 0.3) is 0 Å². The number of nitrogens with zero attached hydrogens (tertiary/aromatic N) is 2. The third kappa shape index (κ3) is 3.57. The zero-order valence-electron chi connectivity index (χ0n) is 17.2. The standard InChI is InChI=1S/C24H20Cl2N2O4/c1-31-19-9-14(8-18(26)22(19)32-12-13-2-6-17(25)7-3-13)11-27-28-23(29)20-15-4-5-16(10-15)21(20)24(28)30/h2-9,11,15-16,20-21H,10,12H2,1H3/b27-11-/t15-,16-,20+,21+/m0/s1. The average Bonchev–Trinajstić information content (AvgIpc) is 3.46. The molecule has 8 heteroatoms. The predicted molar refractivity (Wildman–Crippen MR) is 121 cm³/mol. The van der Waals surface area contributed by atoms with Crippen LogP contribution in [0.4, 0.5) is 0 Å². The molecule has 2 aliphatic carbocycles. The summed E-state index contributed by atoms with van der Waals surface area (Å²) in [7, 11) is 1.51. The Morgan fingerprint density at radius 2 is 1.72 bits per heavy atom. The third-order valence-electron chi connectivity index (χ3n) is 6.32. The van der Waals surface area contributed by atoms with Crippen molar-refractivity contribution in [3.8, 4) is 11.5 Å². The highest BCUT2D eigenvalue weighted by atomic mass is 35.5. The number of rotatable bonds is 6. The molecule has 2 bridgehead atoms. The summed E-state index contributed by atoms with van der Waals surface area (Å²) in [5.41, 5.74) is 1.52. The summed E-state index contributed by atoms with van der Waals surface area (Å²) < 4.78 is 11.3. The van der Waals surface area contributed by atoms with Crippen molar-refractivity contribution in [3.05, 3.63) is 69.7 Å². The van der Waals surface area contributed by atoms with Gasteiger partial charge in [-0.3, -0.25) is 9.59 Å². The minimum atomic E-state index is -0.281. The van der Waals surface area contributed by atoms with Crippen LogP contribution in [0.3, 0.4) is 0 Å². The number of halogens is 2. The topological polar surface area (TPSA) is 68.2 Å². The van der Waals surface area contributed by atoms with Crippen molar-refractivity contribution in [3.63, 3.8) is 0 Å². The predicted octanol–water partition coefficient (Wildman–Crippen LogP) is 4.72. The van der Waals surface area contributed by atoms with Crippen LogP contribution in [0.15, 0.2) is 53.7 Å². The Bertz CT molecular complexity index is 1120. The van der Waals surface area contributed by atoms with Gasteiger partial charge in [0.25, 0.3) is 11.8 Å². The first-order valence-corrected chi connectivity index (χ1v) is 11.1. The number of hydrazone groups is 1. The molecule has 2 aromatic rings. The lowest BCUT2D eigenvalue weighted by Gasteiger charge is -2.14. The minimum absolute atomic E-state index is 0.147. The molecular formula is C24H20Cl2N2O4. The van der Waals surface area contributed by atoms with E-state index in [1.807, 2.05) is 12.1 Å². The lowest BCUT2D eigenvalue weighted by atomic mass is 9.85. The van der Waals surface area contributed by atoms with Crippen LogP contribution >= 0.6 is 23.2 Å². The maximum Gasteiger partial charge on any atom is 0.254 e. The van der Waals surface area contributed by atoms with Gasteiger partial charge in [-0.25, -0.2) is 0 Å². The summed E-state index contributed by atoms with van der Waals surface area (Å²) in [6.45, 7) is 0.288. The molecule has 0 unspecified atom stereocenters. The van der Waals surface area contributed by atoms with Crippen LogP contribution in [-0.2, 0) is 16.2 Å². The van der Waals surface area contributed by atoms with E-state index in [0.29, 0.717) is 27.1 Å². The van der Waals surface area contributed by atoms with E-state index in [-0.39, 0.29) is 42.1 Å². The number of ether oxygens (including phenoxy) is 2. The summed E-state index contributed by atoms with van der Waals surface area (Å²) >= 11 is 12.4. The Hall–Kier alpha value is -2.83. The Labute approximate surface area is 195 Å². The average molecular weight is 471 g/mol. The minimum Gasteiger partial charge on any atom is -0.493 e. The Balaban J connectivity index is 1.33. The molecule has 32 heavy (non-hydrogen) atoms. The van der Waals surface area contributed by atoms with Crippen molar-refractivity contribution in [1.29, 1.82) is 0 Å². The number of methoxy groups -OCH3 is 1. The largest absolute Gasteiger partial charge is 0.493 e. The Morgan fingerprint density at radius 3 is 2.34 bits per heavy atom. The fourth-order valence-corrected chi connectivity index (χ4v) is 5.21. The second-order valence-electron chi connectivity index (χ2n) is 8.18. The summed E-state index contributed by atoms with van der Waals surface area (Å²) in [5.74, 6) is 0.0930. The van der Waals surface area contributed by atoms with E-state index in [1.165, 1.54) is 13.3 Å². The molecule has 4 atom stereocenters. The molecule has 0 aromatic heterocycles. The summed E-state index contributed by atoms with van der Waals surface area (Å²) in [4.78, 5) is 25.5. The first-order valence-electron chi connectivity index (χ1n) is 10.3. The molecule has 1 aliphatic heterocycles. The van der Waals surface area contributed by atoms with E-state index < -0.39 is 0 Å². The van der Waals surface area contributed by atoms with Gasteiger partial charge >= 0.3 is 0 Å². The highest BCUT2D eigenvalue weighted by Gasteiger charge is 2.59. The first-order chi connectivity index (χ1) is 15.5. The van der Waals surface area contributed by atoms with E-state index in [4.69, 9.17) is 32.7 Å². The number of carbonyl (C=O) groups excluding carboxylic acids is 2. The van der Waals surface area contributed by atoms with Gasteiger partial charge in [0, 0.05) is 5.02 Å². The SMILES string of the molecule is COc1cc(/C=N\N2C(=O)[C@H]3[C@H](C2=O)[C@H]2C=C[C@H]3C2)cc(Cl)c1OCc1ccc(Cl)cc1. The molecule has 2 aromatic carbocycles. The molecule has 5 rings (SSSR count). The quantitative estimate of drug-likeness (QED) is 0.347. The highest BCUT2D eigenvalue weighted by Crippen LogP contribution is 2.52. The van der Waals surface area contributed by atoms with Crippen molar-refractivity contribution in [2.45, 2.75) is 13.0 Å². The number of fused-ring (bicyclic) bond motifs is 5. The van der Waals surface area contributed by atoms with Gasteiger partial charge in [-0.05, 0) is 53.6 Å². The van der Waals surface area contributed by atoms with Gasteiger partial charge in [0.15, 0.2) is 11.5 Å². The first kappa shape index (κ1) is 21.0. The van der Waals surface area contributed by atoms with E-state index in [0.717, 1.165) is 17.0 Å². The number of hydrogen-bond acceptors (Lipinski definition) is 5. The second kappa shape index (κ2) is 8.26. The van der Waals surface area contributed by atoms with Gasteiger partial charge in [-0.1, -0.05) is 47.5 Å². The summed E-state index contributed by atoms with van der Waals surface area (Å²) in [5, 5.41) is 6.18. The van der Waals surface area contributed by atoms with Crippen LogP contribution in [-0.4, -0.2) is 30.1 Å². The van der Waals surface area contributed by atoms with Gasteiger partial charge < -0.3 is 9.47 Å². The third-order valence-corrected chi connectivity index (χ3v) is 6.85. The van der Waals surface area contributed by atoms with Crippen molar-refractivity contribution >= 4 is 41.2 Å². The fourth-order valence-electron chi connectivity index (χ4n) is 4.82. The van der Waals surface area contributed by atoms with Gasteiger partial charge in [0.1, 0.15) is 6.61 Å². The molecule has 2 amide bonds. The second-order valence-corrected chi connectivity index (χ2v) is 9.03. The summed E-state index contributed by atoms with van der Waals surface area (Å²) in [6.07, 6.45) is 6.44. The maximum absolute atomic E-state index is 12.8. The molecule has 164 valence electrons. The van der Waals surface area contributed by atoms with Gasteiger partial charge in [-0.2, -0.15) is 10.1 Å². The molecule has 6 nitrogen and oxygen atoms in total. The van der Waals surface area contributed by atoms with E-state index in [9.17, 15) is 9.59 Å². The van der Waals surface area contributed by atoms with Crippen LogP contribution in [0.5, 0.6) is 11.5 Å². The highest BCUT2D eigenvalue weighted by molar-refractivity contribution is 6.32. The van der Waals surface area contributed by atoms with Crippen LogP contribution in [0, 0.1) is 23.7 Å². The lowest BCUT2D eigenvalue weighted by Crippen LogP contribution is -2.28. The van der Waals surface area contributed by atoms with Crippen LogP contribution in [0.1, 0.15) is 17.5 Å². The van der Waals surface area contributed by atoms with Crippen molar-refractivity contribution in [1.82, 2.24) is 5.01 Å². The molecule has 0 spiro atoms. The number of amides is 2. The van der Waals surface area contributed by atoms with Gasteiger partial charge in [-0.15, -0.1) is 0 Å². The molecule has 2 fully saturated rings. The number of hydrogen-bond donors (Lipinski definition) is 0. The number of allylic oxidation sites excluding steroid dienone is 2. The zero-order valence-corrected chi connectivity index (χ0v) is 18.7. The number of carbonyl (C=O) groups is 2. The van der Waals surface area contributed by atoms with E-state index in [1.54, 1.807) is 24.3 Å². The number of benzene rings is 2. The van der Waals surface area contributed by atoms with Crippen molar-refractivity contribution in [2.24, 2.45) is 28.8 Å². The monoisotopic (exact) mass is 470 g/mol. The fraction of sp³-hybridized carbons (Fsp3) is 0.292. The maximum atomic E-state index is 12.8. The zero-order chi connectivity index (χ0) is 22.4. The lowest BCUT2D eigenvalue weighted by molar-refractivity contribution is -0.140. The smallest absolute Gasteiger partial charge is 0.254 e. The van der Waals surface area contributed by atoms with E-state index >= 15 is 0 Å². The molecule has 0 N–H and O–H groups in total. The van der Waals surface area contributed by atoms with Crippen LogP contribution < -0.4 is 9.47 Å². The molecule has 0 radical (unpaired) electrons. The normalized spacial score (nSPS) is 25.8. The Kier molecular flexibility index (Phi) is 5.43. The molecule has 1 saturated heterocycles.